The summed E-state index contributed by atoms with van der Waals surface area (Å²) in [6, 6.07) is -0.0669. The molecular weight excluding hydrogens is 208 g/mol. The molecule has 0 amide bonds. The summed E-state index contributed by atoms with van der Waals surface area (Å²) >= 11 is 0. The molecule has 0 bridgehead atoms. The monoisotopic (exact) mass is 222 g/mol. The molecule has 0 saturated carbocycles. The summed E-state index contributed by atoms with van der Waals surface area (Å²) < 4.78 is 2.10. The average molecular weight is 222 g/mol. The minimum absolute atomic E-state index is 0.0669. The number of aromatic nitrogens is 3. The fourth-order valence-corrected chi connectivity index (χ4v) is 1.25. The van der Waals surface area contributed by atoms with Crippen LogP contribution in [0.5, 0.6) is 0 Å². The number of hydrogen-bond donors (Lipinski definition) is 1. The van der Waals surface area contributed by atoms with Gasteiger partial charge in [0, 0.05) is 26.6 Å². The van der Waals surface area contributed by atoms with E-state index in [1.54, 1.807) is 0 Å². The lowest BCUT2D eigenvalue weighted by Crippen LogP contribution is -2.40. The minimum atomic E-state index is -0.458. The molecule has 1 N–H and O–H groups in total. The van der Waals surface area contributed by atoms with E-state index >= 15 is 0 Å². The van der Waals surface area contributed by atoms with Crippen molar-refractivity contribution in [1.82, 2.24) is 14.3 Å². The molecule has 0 spiro atoms. The summed E-state index contributed by atoms with van der Waals surface area (Å²) in [7, 11) is 2.89. The lowest BCUT2D eigenvalue weighted by atomic mass is 10.2. The second-order valence-electron chi connectivity index (χ2n) is 3.57. The Kier molecular flexibility index (Phi) is 3.51. The second kappa shape index (κ2) is 4.66. The first-order valence-electron chi connectivity index (χ1n) is 4.81. The number of nitrogens with one attached hydrogen (secondary N) is 1. The van der Waals surface area contributed by atoms with E-state index in [1.807, 2.05) is 6.92 Å². The number of aryl methyl sites for hydroxylation is 1. The van der Waals surface area contributed by atoms with Crippen molar-refractivity contribution < 1.29 is 0 Å². The lowest BCUT2D eigenvalue weighted by Gasteiger charge is -2.12. The van der Waals surface area contributed by atoms with Crippen LogP contribution in [-0.2, 0) is 14.1 Å². The van der Waals surface area contributed by atoms with Crippen molar-refractivity contribution in [3.05, 3.63) is 20.8 Å². The molecule has 0 aromatic carbocycles. The number of terminal acetylenes is 1. The molecule has 0 aliphatic carbocycles. The molecule has 1 aromatic heterocycles. The molecule has 6 heteroatoms. The molecule has 86 valence electrons. The van der Waals surface area contributed by atoms with Gasteiger partial charge < -0.3 is 5.32 Å². The van der Waals surface area contributed by atoms with Gasteiger partial charge >= 0.3 is 5.69 Å². The maximum Gasteiger partial charge on any atom is 0.346 e. The minimum Gasteiger partial charge on any atom is -0.361 e. The van der Waals surface area contributed by atoms with Gasteiger partial charge in [0.1, 0.15) is 0 Å². The van der Waals surface area contributed by atoms with Crippen LogP contribution in [0, 0.1) is 12.3 Å². The summed E-state index contributed by atoms with van der Waals surface area (Å²) in [4.78, 5) is 23.0. The molecule has 0 fully saturated rings. The summed E-state index contributed by atoms with van der Waals surface area (Å²) in [6.45, 7) is 1.84. The molecule has 1 rings (SSSR count). The van der Waals surface area contributed by atoms with E-state index in [0.717, 1.165) is 9.25 Å². The highest BCUT2D eigenvalue weighted by Crippen LogP contribution is 1.97. The lowest BCUT2D eigenvalue weighted by molar-refractivity contribution is 0.600. The number of nitrogens with zero attached hydrogens (tertiary/aromatic N) is 3. The standard InChI is InChI=1S/C10H14N4O2/c1-5-6-7(2)11-8-9(15)13(3)10(16)14(4)12-8/h1,7H,6H2,2-4H3,(H,11,12). The highest BCUT2D eigenvalue weighted by Gasteiger charge is 2.10. The van der Waals surface area contributed by atoms with Gasteiger partial charge in [0.05, 0.1) is 0 Å². The van der Waals surface area contributed by atoms with Crippen molar-refractivity contribution in [2.24, 2.45) is 14.1 Å². The molecule has 0 aliphatic rings. The first kappa shape index (κ1) is 12.0. The fraction of sp³-hybridized carbons (Fsp3) is 0.500. The summed E-state index contributed by atoms with van der Waals surface area (Å²) in [5.41, 5.74) is -0.910. The van der Waals surface area contributed by atoms with Crippen LogP contribution in [0.2, 0.25) is 0 Å². The molecule has 16 heavy (non-hydrogen) atoms. The van der Waals surface area contributed by atoms with Gasteiger partial charge in [-0.15, -0.1) is 17.4 Å². The van der Waals surface area contributed by atoms with Crippen LogP contribution in [0.4, 0.5) is 5.82 Å². The van der Waals surface area contributed by atoms with Crippen molar-refractivity contribution in [2.45, 2.75) is 19.4 Å². The Morgan fingerprint density at radius 1 is 1.50 bits per heavy atom. The molecule has 1 atom stereocenters. The fourth-order valence-electron chi connectivity index (χ4n) is 1.25. The van der Waals surface area contributed by atoms with Gasteiger partial charge in [0.2, 0.25) is 5.82 Å². The molecule has 0 radical (unpaired) electrons. The Bertz CT molecular complexity index is 535. The van der Waals surface area contributed by atoms with Gasteiger partial charge in [0.25, 0.3) is 5.56 Å². The van der Waals surface area contributed by atoms with E-state index in [-0.39, 0.29) is 11.9 Å². The van der Waals surface area contributed by atoms with Crippen molar-refractivity contribution >= 4 is 5.82 Å². The van der Waals surface area contributed by atoms with E-state index in [4.69, 9.17) is 6.42 Å². The Morgan fingerprint density at radius 2 is 2.12 bits per heavy atom. The van der Waals surface area contributed by atoms with Gasteiger partial charge in [-0.1, -0.05) is 0 Å². The Labute approximate surface area is 92.9 Å². The van der Waals surface area contributed by atoms with Crippen LogP contribution in [0.25, 0.3) is 0 Å². The quantitative estimate of drug-likeness (QED) is 0.687. The number of rotatable bonds is 3. The largest absolute Gasteiger partial charge is 0.361 e. The maximum atomic E-state index is 11.7. The predicted molar refractivity (Wildman–Crippen MR) is 61.3 cm³/mol. The van der Waals surface area contributed by atoms with Crippen LogP contribution in [0.3, 0.4) is 0 Å². The molecule has 0 aliphatic heterocycles. The smallest absolute Gasteiger partial charge is 0.346 e. The third kappa shape index (κ3) is 2.31. The maximum absolute atomic E-state index is 11.7. The summed E-state index contributed by atoms with van der Waals surface area (Å²) in [6.07, 6.45) is 5.64. The second-order valence-corrected chi connectivity index (χ2v) is 3.57. The molecule has 1 unspecified atom stereocenters. The summed E-state index contributed by atoms with van der Waals surface area (Å²) in [5, 5.41) is 6.72. The highest BCUT2D eigenvalue weighted by molar-refractivity contribution is 5.31. The van der Waals surface area contributed by atoms with Crippen LogP contribution in [-0.4, -0.2) is 20.4 Å². The molecule has 0 saturated heterocycles. The Hall–Kier alpha value is -2.03. The first-order valence-corrected chi connectivity index (χ1v) is 4.81. The normalized spacial score (nSPS) is 11.9. The molecular formula is C10H14N4O2. The van der Waals surface area contributed by atoms with Gasteiger partial charge in [-0.2, -0.15) is 0 Å². The predicted octanol–water partition coefficient (Wildman–Crippen LogP) is -0.697. The van der Waals surface area contributed by atoms with E-state index in [2.05, 4.69) is 16.3 Å². The summed E-state index contributed by atoms with van der Waals surface area (Å²) in [5.74, 6) is 2.61. The zero-order valence-corrected chi connectivity index (χ0v) is 9.52. The van der Waals surface area contributed by atoms with Crippen molar-refractivity contribution in [3.8, 4) is 12.3 Å². The third-order valence-electron chi connectivity index (χ3n) is 2.13. The van der Waals surface area contributed by atoms with Crippen molar-refractivity contribution in [1.29, 1.82) is 0 Å². The van der Waals surface area contributed by atoms with Crippen molar-refractivity contribution in [3.63, 3.8) is 0 Å². The number of anilines is 1. The third-order valence-corrected chi connectivity index (χ3v) is 2.13. The highest BCUT2D eigenvalue weighted by atomic mass is 16.2. The Balaban J connectivity index is 3.13. The van der Waals surface area contributed by atoms with Crippen molar-refractivity contribution in [2.75, 3.05) is 5.32 Å². The van der Waals surface area contributed by atoms with Gasteiger partial charge in [-0.05, 0) is 6.92 Å². The van der Waals surface area contributed by atoms with Gasteiger partial charge in [-0.3, -0.25) is 9.36 Å². The zero-order valence-electron chi connectivity index (χ0n) is 9.52. The zero-order chi connectivity index (χ0) is 12.3. The van der Waals surface area contributed by atoms with Gasteiger partial charge in [-0.25, -0.2) is 9.48 Å². The van der Waals surface area contributed by atoms with Crippen LogP contribution >= 0.6 is 0 Å². The van der Waals surface area contributed by atoms with Crippen LogP contribution < -0.4 is 16.6 Å². The van der Waals surface area contributed by atoms with E-state index in [1.165, 1.54) is 14.1 Å². The SMILES string of the molecule is C#CCC(C)Nc1nn(C)c(=O)n(C)c1=O. The Morgan fingerprint density at radius 3 is 2.69 bits per heavy atom. The average Bonchev–Trinajstić information content (AvgIpc) is 2.23. The molecule has 1 heterocycles. The topological polar surface area (TPSA) is 68.9 Å². The van der Waals surface area contributed by atoms with Gasteiger partial charge in [0.15, 0.2) is 0 Å². The van der Waals surface area contributed by atoms with E-state index in [9.17, 15) is 9.59 Å². The number of hydrogen-bond acceptors (Lipinski definition) is 4. The van der Waals surface area contributed by atoms with Crippen LogP contribution in [0.1, 0.15) is 13.3 Å². The van der Waals surface area contributed by atoms with Crippen LogP contribution in [0.15, 0.2) is 9.59 Å². The first-order chi connectivity index (χ1) is 7.47. The molecule has 6 nitrogen and oxygen atoms in total. The van der Waals surface area contributed by atoms with E-state index < -0.39 is 11.2 Å². The molecule has 1 aromatic rings. The van der Waals surface area contributed by atoms with E-state index in [0.29, 0.717) is 6.42 Å².